The summed E-state index contributed by atoms with van der Waals surface area (Å²) in [6.45, 7) is -0.0985. The van der Waals surface area contributed by atoms with E-state index in [0.717, 1.165) is 0 Å². The maximum atomic E-state index is 10.4. The van der Waals surface area contributed by atoms with Crippen molar-refractivity contribution < 1.29 is 20.4 Å². The molecule has 4 N–H and O–H groups in total. The maximum absolute atomic E-state index is 10.4. The van der Waals surface area contributed by atoms with Crippen LogP contribution in [0.4, 0.5) is 0 Å². The molecule has 2 aromatic carbocycles. The van der Waals surface area contributed by atoms with E-state index in [4.69, 9.17) is 5.11 Å². The third-order valence-electron chi connectivity index (χ3n) is 3.06. The van der Waals surface area contributed by atoms with E-state index in [2.05, 4.69) is 0 Å². The van der Waals surface area contributed by atoms with Crippen molar-refractivity contribution in [3.05, 3.63) is 59.2 Å². The number of aromatic hydroxyl groups is 2. The van der Waals surface area contributed by atoms with Crippen LogP contribution in [-0.4, -0.2) is 27.0 Å². The van der Waals surface area contributed by atoms with Crippen molar-refractivity contribution in [2.24, 2.45) is 0 Å². The van der Waals surface area contributed by atoms with Crippen LogP contribution in [0.2, 0.25) is 0 Å². The van der Waals surface area contributed by atoms with Crippen molar-refractivity contribution in [2.45, 2.75) is 12.5 Å². The average molecular weight is 260 g/mol. The normalized spacial score (nSPS) is 12.3. The van der Waals surface area contributed by atoms with Gasteiger partial charge in [0.2, 0.25) is 0 Å². The Morgan fingerprint density at radius 3 is 2.26 bits per heavy atom. The third kappa shape index (κ3) is 2.70. The van der Waals surface area contributed by atoms with E-state index in [1.54, 1.807) is 30.3 Å². The van der Waals surface area contributed by atoms with Gasteiger partial charge in [0, 0.05) is 12.2 Å². The molecule has 1 atom stereocenters. The first-order valence-electron chi connectivity index (χ1n) is 6.02. The Morgan fingerprint density at radius 1 is 0.947 bits per heavy atom. The SMILES string of the molecule is OCCc1ccc(O)c(O)c1C(O)c1ccccc1. The highest BCUT2D eigenvalue weighted by atomic mass is 16.3. The number of phenols is 2. The van der Waals surface area contributed by atoms with Gasteiger partial charge in [-0.05, 0) is 23.6 Å². The first-order valence-corrected chi connectivity index (χ1v) is 6.02. The fourth-order valence-electron chi connectivity index (χ4n) is 2.08. The lowest BCUT2D eigenvalue weighted by molar-refractivity contribution is 0.212. The second-order valence-electron chi connectivity index (χ2n) is 4.29. The fourth-order valence-corrected chi connectivity index (χ4v) is 2.08. The molecule has 0 fully saturated rings. The van der Waals surface area contributed by atoms with Crippen LogP contribution < -0.4 is 0 Å². The summed E-state index contributed by atoms with van der Waals surface area (Å²) in [5, 5.41) is 38.9. The van der Waals surface area contributed by atoms with Gasteiger partial charge in [0.15, 0.2) is 11.5 Å². The summed E-state index contributed by atoms with van der Waals surface area (Å²) in [6, 6.07) is 11.8. The van der Waals surface area contributed by atoms with Crippen molar-refractivity contribution in [1.82, 2.24) is 0 Å². The molecule has 0 saturated carbocycles. The van der Waals surface area contributed by atoms with Crippen LogP contribution >= 0.6 is 0 Å². The summed E-state index contributed by atoms with van der Waals surface area (Å²) < 4.78 is 0. The molecule has 4 nitrogen and oxygen atoms in total. The lowest BCUT2D eigenvalue weighted by Gasteiger charge is -2.18. The molecule has 0 aliphatic heterocycles. The highest BCUT2D eigenvalue weighted by molar-refractivity contribution is 5.52. The number of rotatable bonds is 4. The number of benzene rings is 2. The van der Waals surface area contributed by atoms with Crippen LogP contribution in [0.1, 0.15) is 22.8 Å². The molecule has 0 amide bonds. The molecule has 4 heteroatoms. The zero-order chi connectivity index (χ0) is 13.8. The van der Waals surface area contributed by atoms with Gasteiger partial charge < -0.3 is 20.4 Å². The fraction of sp³-hybridized carbons (Fsp3) is 0.200. The van der Waals surface area contributed by atoms with Gasteiger partial charge in [-0.2, -0.15) is 0 Å². The van der Waals surface area contributed by atoms with Crippen LogP contribution in [0.5, 0.6) is 11.5 Å². The molecule has 2 rings (SSSR count). The van der Waals surface area contributed by atoms with Crippen LogP contribution in [-0.2, 0) is 6.42 Å². The van der Waals surface area contributed by atoms with E-state index in [1.807, 2.05) is 6.07 Å². The Morgan fingerprint density at radius 2 is 1.63 bits per heavy atom. The Hall–Kier alpha value is -2.04. The van der Waals surface area contributed by atoms with E-state index in [1.165, 1.54) is 6.07 Å². The van der Waals surface area contributed by atoms with Crippen LogP contribution in [0.3, 0.4) is 0 Å². The minimum absolute atomic E-state index is 0.0985. The van der Waals surface area contributed by atoms with Crippen molar-refractivity contribution in [3.63, 3.8) is 0 Å². The minimum atomic E-state index is -1.05. The van der Waals surface area contributed by atoms with Gasteiger partial charge >= 0.3 is 0 Å². The van der Waals surface area contributed by atoms with Gasteiger partial charge in [-0.15, -0.1) is 0 Å². The third-order valence-corrected chi connectivity index (χ3v) is 3.06. The average Bonchev–Trinajstić information content (AvgIpc) is 2.44. The lowest BCUT2D eigenvalue weighted by atomic mass is 9.94. The zero-order valence-electron chi connectivity index (χ0n) is 10.3. The van der Waals surface area contributed by atoms with Crippen LogP contribution in [0.25, 0.3) is 0 Å². The number of hydrogen-bond donors (Lipinski definition) is 4. The van der Waals surface area contributed by atoms with Crippen molar-refractivity contribution in [3.8, 4) is 11.5 Å². The highest BCUT2D eigenvalue weighted by Crippen LogP contribution is 2.38. The molecule has 0 aromatic heterocycles. The van der Waals surface area contributed by atoms with Gasteiger partial charge in [-0.3, -0.25) is 0 Å². The van der Waals surface area contributed by atoms with Gasteiger partial charge in [0.05, 0.1) is 0 Å². The summed E-state index contributed by atoms with van der Waals surface area (Å²) in [6.07, 6.45) is -0.748. The van der Waals surface area contributed by atoms with Gasteiger partial charge in [0.25, 0.3) is 0 Å². The number of hydrogen-bond acceptors (Lipinski definition) is 4. The van der Waals surface area contributed by atoms with Crippen molar-refractivity contribution >= 4 is 0 Å². The molecule has 0 bridgehead atoms. The first-order chi connectivity index (χ1) is 9.15. The molecule has 100 valence electrons. The predicted octanol–water partition coefficient (Wildman–Crippen LogP) is 1.71. The van der Waals surface area contributed by atoms with Gasteiger partial charge in [-0.1, -0.05) is 36.4 Å². The molecule has 1 unspecified atom stereocenters. The second kappa shape index (κ2) is 5.73. The smallest absolute Gasteiger partial charge is 0.163 e. The second-order valence-corrected chi connectivity index (χ2v) is 4.29. The van der Waals surface area contributed by atoms with E-state index in [-0.39, 0.29) is 23.7 Å². The molecule has 2 aromatic rings. The largest absolute Gasteiger partial charge is 0.504 e. The Labute approximate surface area is 111 Å². The summed E-state index contributed by atoms with van der Waals surface area (Å²) in [5.74, 6) is -0.631. The molecule has 0 saturated heterocycles. The topological polar surface area (TPSA) is 80.9 Å². The standard InChI is InChI=1S/C15H16O4/c16-9-8-10-6-7-12(17)15(19)13(10)14(18)11-4-2-1-3-5-11/h1-7,14,16-19H,8-9H2. The molecule has 0 spiro atoms. The van der Waals surface area contributed by atoms with Gasteiger partial charge in [0.1, 0.15) is 6.10 Å². The van der Waals surface area contributed by atoms with E-state index < -0.39 is 6.10 Å². The zero-order valence-corrected chi connectivity index (χ0v) is 10.3. The van der Waals surface area contributed by atoms with E-state index >= 15 is 0 Å². The molecular weight excluding hydrogens is 244 g/mol. The molecule has 19 heavy (non-hydrogen) atoms. The Balaban J connectivity index is 2.51. The van der Waals surface area contributed by atoms with E-state index in [0.29, 0.717) is 17.5 Å². The van der Waals surface area contributed by atoms with Crippen molar-refractivity contribution in [2.75, 3.05) is 6.61 Å². The maximum Gasteiger partial charge on any atom is 0.163 e. The molecule has 0 heterocycles. The molecule has 0 aliphatic carbocycles. The number of aliphatic hydroxyl groups excluding tert-OH is 2. The number of aliphatic hydroxyl groups is 2. The monoisotopic (exact) mass is 260 g/mol. The molecular formula is C15H16O4. The quantitative estimate of drug-likeness (QED) is 0.631. The van der Waals surface area contributed by atoms with Crippen LogP contribution in [0.15, 0.2) is 42.5 Å². The summed E-state index contributed by atoms with van der Waals surface area (Å²) in [5.41, 5.74) is 1.46. The Bertz CT molecular complexity index is 552. The highest BCUT2D eigenvalue weighted by Gasteiger charge is 2.20. The minimum Gasteiger partial charge on any atom is -0.504 e. The predicted molar refractivity (Wildman–Crippen MR) is 71.1 cm³/mol. The number of phenolic OH excluding ortho intramolecular Hbond substituents is 2. The Kier molecular flexibility index (Phi) is 4.04. The summed E-state index contributed by atoms with van der Waals surface area (Å²) in [7, 11) is 0. The van der Waals surface area contributed by atoms with E-state index in [9.17, 15) is 15.3 Å². The van der Waals surface area contributed by atoms with Gasteiger partial charge in [-0.25, -0.2) is 0 Å². The van der Waals surface area contributed by atoms with Crippen LogP contribution in [0, 0.1) is 0 Å². The first kappa shape index (κ1) is 13.4. The summed E-state index contributed by atoms with van der Waals surface area (Å²) in [4.78, 5) is 0. The van der Waals surface area contributed by atoms with Crippen molar-refractivity contribution in [1.29, 1.82) is 0 Å². The summed E-state index contributed by atoms with van der Waals surface area (Å²) >= 11 is 0. The molecule has 0 radical (unpaired) electrons. The molecule has 0 aliphatic rings. The lowest BCUT2D eigenvalue weighted by Crippen LogP contribution is -2.06.